The molecule has 1 aromatic heterocycles. The van der Waals surface area contributed by atoms with Crippen molar-refractivity contribution < 1.29 is 9.18 Å². The van der Waals surface area contributed by atoms with E-state index in [9.17, 15) is 14.0 Å². The normalized spacial score (nSPS) is 11.2. The molecule has 1 N–H and O–H groups in total. The molecule has 1 heterocycles. The fourth-order valence-corrected chi connectivity index (χ4v) is 4.81. The van der Waals surface area contributed by atoms with Crippen molar-refractivity contribution in [3.05, 3.63) is 99.1 Å². The van der Waals surface area contributed by atoms with E-state index in [1.54, 1.807) is 41.0 Å². The third-order valence-electron chi connectivity index (χ3n) is 5.30. The van der Waals surface area contributed by atoms with Gasteiger partial charge in [-0.05, 0) is 80.8 Å². The molecule has 1 amide bonds. The third-order valence-corrected chi connectivity index (χ3v) is 6.29. The summed E-state index contributed by atoms with van der Waals surface area (Å²) in [5.41, 5.74) is 3.90. The summed E-state index contributed by atoms with van der Waals surface area (Å²) >= 11 is 1.29. The maximum absolute atomic E-state index is 14.3. The molecule has 0 radical (unpaired) electrons. The first-order valence-corrected chi connectivity index (χ1v) is 12.0. The third kappa shape index (κ3) is 5.04. The second kappa shape index (κ2) is 9.81. The summed E-state index contributed by atoms with van der Waals surface area (Å²) in [6.07, 6.45) is 0. The van der Waals surface area contributed by atoms with Gasteiger partial charge in [-0.2, -0.15) is 0 Å². The Hall–Kier alpha value is -3.45. The first-order chi connectivity index (χ1) is 16.2. The van der Waals surface area contributed by atoms with Crippen molar-refractivity contribution in [2.24, 2.45) is 0 Å². The first-order valence-electron chi connectivity index (χ1n) is 11.1. The molecule has 7 heteroatoms. The highest BCUT2D eigenvalue weighted by Crippen LogP contribution is 2.27. The summed E-state index contributed by atoms with van der Waals surface area (Å²) in [7, 11) is 0. The highest BCUT2D eigenvalue weighted by molar-refractivity contribution is 7.98. The molecular formula is C27H26FN3O2S. The molecule has 0 fully saturated rings. The molecule has 0 aliphatic heterocycles. The molecular weight excluding hydrogens is 449 g/mol. The number of aromatic nitrogens is 2. The topological polar surface area (TPSA) is 64.0 Å². The predicted molar refractivity (Wildman–Crippen MR) is 135 cm³/mol. The second-order valence-corrected chi connectivity index (χ2v) is 9.56. The van der Waals surface area contributed by atoms with E-state index in [-0.39, 0.29) is 23.3 Å². The molecule has 0 unspecified atom stereocenters. The van der Waals surface area contributed by atoms with Gasteiger partial charge in [0.15, 0.2) is 5.16 Å². The molecule has 174 valence electrons. The van der Waals surface area contributed by atoms with E-state index >= 15 is 0 Å². The van der Waals surface area contributed by atoms with Crippen LogP contribution in [0.25, 0.3) is 16.6 Å². The van der Waals surface area contributed by atoms with E-state index < -0.39 is 0 Å². The highest BCUT2D eigenvalue weighted by Gasteiger charge is 2.17. The SMILES string of the molecule is Cc1cc(C)cc(-n2c(SCc3ccccc3F)nc3cc(C(=O)NC(C)C)ccc3c2=O)c1. The zero-order chi connectivity index (χ0) is 24.4. The molecule has 0 saturated carbocycles. The molecule has 0 aliphatic rings. The van der Waals surface area contributed by atoms with E-state index in [4.69, 9.17) is 4.98 Å². The van der Waals surface area contributed by atoms with Crippen LogP contribution in [0.2, 0.25) is 0 Å². The van der Waals surface area contributed by atoms with Crippen LogP contribution in [0.5, 0.6) is 0 Å². The van der Waals surface area contributed by atoms with E-state index in [0.717, 1.165) is 11.1 Å². The number of halogens is 1. The van der Waals surface area contributed by atoms with Crippen LogP contribution in [0.4, 0.5) is 4.39 Å². The van der Waals surface area contributed by atoms with Crippen molar-refractivity contribution in [2.45, 2.75) is 44.6 Å². The summed E-state index contributed by atoms with van der Waals surface area (Å²) in [6, 6.07) is 17.4. The average Bonchev–Trinajstić information content (AvgIpc) is 2.77. The Morgan fingerprint density at radius 2 is 1.76 bits per heavy atom. The smallest absolute Gasteiger partial charge is 0.266 e. The molecule has 0 bridgehead atoms. The Morgan fingerprint density at radius 1 is 1.06 bits per heavy atom. The van der Waals surface area contributed by atoms with Gasteiger partial charge in [-0.1, -0.05) is 36.0 Å². The maximum Gasteiger partial charge on any atom is 0.266 e. The van der Waals surface area contributed by atoms with Crippen molar-refractivity contribution in [3.63, 3.8) is 0 Å². The zero-order valence-corrected chi connectivity index (χ0v) is 20.4. The number of rotatable bonds is 6. The number of thioether (sulfide) groups is 1. The molecule has 3 aromatic carbocycles. The number of benzene rings is 3. The fraction of sp³-hybridized carbons (Fsp3) is 0.222. The number of aryl methyl sites for hydroxylation is 2. The minimum Gasteiger partial charge on any atom is -0.350 e. The summed E-state index contributed by atoms with van der Waals surface area (Å²) in [5.74, 6) is -0.218. The minimum absolute atomic E-state index is 0.0133. The lowest BCUT2D eigenvalue weighted by Gasteiger charge is -2.15. The van der Waals surface area contributed by atoms with E-state index in [0.29, 0.717) is 38.6 Å². The lowest BCUT2D eigenvalue weighted by Crippen LogP contribution is -2.30. The van der Waals surface area contributed by atoms with Crippen LogP contribution < -0.4 is 10.9 Å². The molecule has 0 saturated heterocycles. The van der Waals surface area contributed by atoms with Crippen LogP contribution in [-0.2, 0) is 5.75 Å². The van der Waals surface area contributed by atoms with Crippen LogP contribution in [0.1, 0.15) is 40.9 Å². The Bertz CT molecular complexity index is 1430. The van der Waals surface area contributed by atoms with Gasteiger partial charge >= 0.3 is 0 Å². The fourth-order valence-electron chi connectivity index (χ4n) is 3.81. The molecule has 4 aromatic rings. The van der Waals surface area contributed by atoms with Crippen molar-refractivity contribution in [2.75, 3.05) is 0 Å². The number of fused-ring (bicyclic) bond motifs is 1. The first kappa shape index (κ1) is 23.7. The predicted octanol–water partition coefficient (Wildman–Crippen LogP) is 5.57. The van der Waals surface area contributed by atoms with Gasteiger partial charge in [0.25, 0.3) is 11.5 Å². The standard InChI is InChI=1S/C27H26FN3O2S/c1-16(2)29-25(32)19-9-10-22-24(14-19)30-27(34-15-20-7-5-6-8-23(20)28)31(26(22)33)21-12-17(3)11-18(4)13-21/h5-14,16H,15H2,1-4H3,(H,29,32). The number of hydrogen-bond acceptors (Lipinski definition) is 4. The number of nitrogens with zero attached hydrogens (tertiary/aromatic N) is 2. The maximum atomic E-state index is 14.3. The number of carbonyl (C=O) groups is 1. The minimum atomic E-state index is -0.302. The quantitative estimate of drug-likeness (QED) is 0.292. The van der Waals surface area contributed by atoms with E-state index in [1.165, 1.54) is 17.8 Å². The van der Waals surface area contributed by atoms with Crippen LogP contribution in [-0.4, -0.2) is 21.5 Å². The Kier molecular flexibility index (Phi) is 6.84. The largest absolute Gasteiger partial charge is 0.350 e. The van der Waals surface area contributed by atoms with Gasteiger partial charge in [0.05, 0.1) is 16.6 Å². The molecule has 4 rings (SSSR count). The Balaban J connectivity index is 1.87. The monoisotopic (exact) mass is 475 g/mol. The van der Waals surface area contributed by atoms with Gasteiger partial charge in [0.2, 0.25) is 0 Å². The van der Waals surface area contributed by atoms with Crippen LogP contribution in [0.15, 0.2) is 70.6 Å². The summed E-state index contributed by atoms with van der Waals surface area (Å²) in [5, 5.41) is 3.71. The van der Waals surface area contributed by atoms with Crippen LogP contribution in [0.3, 0.4) is 0 Å². The Labute approximate surface area is 202 Å². The number of nitrogens with one attached hydrogen (secondary N) is 1. The number of carbonyl (C=O) groups excluding carboxylic acids is 1. The van der Waals surface area contributed by atoms with Crippen LogP contribution in [0, 0.1) is 19.7 Å². The van der Waals surface area contributed by atoms with Crippen LogP contribution >= 0.6 is 11.8 Å². The number of hydrogen-bond donors (Lipinski definition) is 1. The van der Waals surface area contributed by atoms with Crippen molar-refractivity contribution >= 4 is 28.6 Å². The van der Waals surface area contributed by atoms with Gasteiger partial charge in [-0.25, -0.2) is 9.37 Å². The van der Waals surface area contributed by atoms with Gasteiger partial charge in [-0.15, -0.1) is 0 Å². The zero-order valence-electron chi connectivity index (χ0n) is 19.6. The van der Waals surface area contributed by atoms with Crippen molar-refractivity contribution in [1.29, 1.82) is 0 Å². The summed E-state index contributed by atoms with van der Waals surface area (Å²) < 4.78 is 15.8. The van der Waals surface area contributed by atoms with Gasteiger partial charge in [0, 0.05) is 17.4 Å². The summed E-state index contributed by atoms with van der Waals surface area (Å²) in [4.78, 5) is 30.9. The van der Waals surface area contributed by atoms with Crippen molar-refractivity contribution in [1.82, 2.24) is 14.9 Å². The number of amides is 1. The lowest BCUT2D eigenvalue weighted by molar-refractivity contribution is 0.0943. The van der Waals surface area contributed by atoms with Gasteiger partial charge < -0.3 is 5.32 Å². The molecule has 0 atom stereocenters. The molecule has 34 heavy (non-hydrogen) atoms. The van der Waals surface area contributed by atoms with E-state index in [1.807, 2.05) is 45.9 Å². The van der Waals surface area contributed by atoms with Gasteiger partial charge in [0.1, 0.15) is 5.82 Å². The molecule has 0 aliphatic carbocycles. The summed E-state index contributed by atoms with van der Waals surface area (Å²) in [6.45, 7) is 7.72. The molecule has 5 nitrogen and oxygen atoms in total. The second-order valence-electron chi connectivity index (χ2n) is 8.62. The van der Waals surface area contributed by atoms with Crippen molar-refractivity contribution in [3.8, 4) is 5.69 Å². The van der Waals surface area contributed by atoms with E-state index in [2.05, 4.69) is 5.32 Å². The highest BCUT2D eigenvalue weighted by atomic mass is 32.2. The lowest BCUT2D eigenvalue weighted by atomic mass is 10.1. The average molecular weight is 476 g/mol. The van der Waals surface area contributed by atoms with Gasteiger partial charge in [-0.3, -0.25) is 14.2 Å². The molecule has 0 spiro atoms. The Morgan fingerprint density at radius 3 is 2.44 bits per heavy atom.